The summed E-state index contributed by atoms with van der Waals surface area (Å²) >= 11 is 1.92. The molecular formula is C21H38N4O4S. The molecule has 8 nitrogen and oxygen atoms in total. The van der Waals surface area contributed by atoms with Crippen molar-refractivity contribution in [3.8, 4) is 0 Å². The summed E-state index contributed by atoms with van der Waals surface area (Å²) in [5.41, 5.74) is -0.466. The molecule has 0 saturated carbocycles. The zero-order valence-electron chi connectivity index (χ0n) is 18.6. The Kier molecular flexibility index (Phi) is 10.1. The molecule has 3 atom stereocenters. The van der Waals surface area contributed by atoms with E-state index in [0.717, 1.165) is 50.7 Å². The number of carbonyl (C=O) groups excluding carboxylic acids is 3. The van der Waals surface area contributed by atoms with Crippen LogP contribution in [0.3, 0.4) is 0 Å². The van der Waals surface area contributed by atoms with Gasteiger partial charge in [-0.3, -0.25) is 4.79 Å². The first kappa shape index (κ1) is 24.6. The van der Waals surface area contributed by atoms with Crippen LogP contribution in [0, 0.1) is 0 Å². The fourth-order valence-electron chi connectivity index (χ4n) is 3.70. The van der Waals surface area contributed by atoms with Gasteiger partial charge in [0.15, 0.2) is 0 Å². The van der Waals surface area contributed by atoms with Gasteiger partial charge in [0.2, 0.25) is 5.91 Å². The van der Waals surface area contributed by atoms with E-state index >= 15 is 0 Å². The molecule has 0 bridgehead atoms. The lowest BCUT2D eigenvalue weighted by molar-refractivity contribution is -0.121. The average molecular weight is 443 g/mol. The number of hydrogen-bond donors (Lipinski definition) is 4. The summed E-state index contributed by atoms with van der Waals surface area (Å²) in [6.07, 6.45) is 7.03. The normalized spacial score (nSPS) is 22.8. The zero-order valence-corrected chi connectivity index (χ0v) is 19.4. The first-order valence-corrected chi connectivity index (χ1v) is 12.2. The Morgan fingerprint density at radius 3 is 2.43 bits per heavy atom. The van der Waals surface area contributed by atoms with Crippen LogP contribution in [0.25, 0.3) is 0 Å². The number of unbranched alkanes of at least 4 members (excludes halogenated alkanes) is 4. The Morgan fingerprint density at radius 1 is 1.03 bits per heavy atom. The molecule has 2 fully saturated rings. The lowest BCUT2D eigenvalue weighted by Gasteiger charge is -2.19. The molecule has 0 aromatic rings. The minimum atomic E-state index is -0.466. The van der Waals surface area contributed by atoms with E-state index in [4.69, 9.17) is 4.74 Å². The van der Waals surface area contributed by atoms with Crippen molar-refractivity contribution in [2.24, 2.45) is 0 Å². The van der Waals surface area contributed by atoms with Crippen molar-refractivity contribution in [1.29, 1.82) is 0 Å². The molecule has 3 unspecified atom stereocenters. The van der Waals surface area contributed by atoms with Crippen molar-refractivity contribution in [3.63, 3.8) is 0 Å². The van der Waals surface area contributed by atoms with Crippen molar-refractivity contribution in [3.05, 3.63) is 0 Å². The van der Waals surface area contributed by atoms with Gasteiger partial charge in [0.05, 0.1) is 12.1 Å². The Balaban J connectivity index is 1.38. The van der Waals surface area contributed by atoms with Crippen LogP contribution in [0.2, 0.25) is 0 Å². The smallest absolute Gasteiger partial charge is 0.407 e. The van der Waals surface area contributed by atoms with Crippen LogP contribution in [-0.4, -0.2) is 59.8 Å². The van der Waals surface area contributed by atoms with Gasteiger partial charge in [0.25, 0.3) is 0 Å². The highest BCUT2D eigenvalue weighted by atomic mass is 32.2. The minimum Gasteiger partial charge on any atom is -0.444 e. The molecule has 4 N–H and O–H groups in total. The summed E-state index contributed by atoms with van der Waals surface area (Å²) in [7, 11) is 0. The maximum absolute atomic E-state index is 11.9. The summed E-state index contributed by atoms with van der Waals surface area (Å²) in [5, 5.41) is 12.2. The molecule has 9 heteroatoms. The molecule has 2 aliphatic heterocycles. The second-order valence-electron chi connectivity index (χ2n) is 9.06. The predicted molar refractivity (Wildman–Crippen MR) is 120 cm³/mol. The molecule has 2 saturated heterocycles. The fourth-order valence-corrected chi connectivity index (χ4v) is 5.24. The molecule has 4 amide bonds. The van der Waals surface area contributed by atoms with Crippen molar-refractivity contribution in [2.45, 2.75) is 95.1 Å². The lowest BCUT2D eigenvalue weighted by Crippen LogP contribution is -2.36. The average Bonchev–Trinajstić information content (AvgIpc) is 3.19. The van der Waals surface area contributed by atoms with E-state index in [0.29, 0.717) is 24.8 Å². The highest BCUT2D eigenvalue weighted by molar-refractivity contribution is 8.00. The highest BCUT2D eigenvalue weighted by Crippen LogP contribution is 2.33. The number of hydrogen-bond acceptors (Lipinski definition) is 5. The number of fused-ring (bicyclic) bond motifs is 1. The minimum absolute atomic E-state index is 0.0472. The first-order valence-electron chi connectivity index (χ1n) is 11.2. The number of carbonyl (C=O) groups is 3. The van der Waals surface area contributed by atoms with Crippen molar-refractivity contribution < 1.29 is 19.1 Å². The third-order valence-electron chi connectivity index (χ3n) is 5.17. The summed E-state index contributed by atoms with van der Waals surface area (Å²) < 4.78 is 5.18. The zero-order chi connectivity index (χ0) is 22.0. The number of nitrogens with one attached hydrogen (secondary N) is 4. The Labute approximate surface area is 184 Å². The molecule has 0 aromatic heterocycles. The van der Waals surface area contributed by atoms with Gasteiger partial charge < -0.3 is 26.0 Å². The lowest BCUT2D eigenvalue weighted by atomic mass is 10.0. The SMILES string of the molecule is CC(C)(C)OC(=O)NCCCCCCNC(=O)CCCCC1SCC2NC(=O)NC21. The van der Waals surface area contributed by atoms with Crippen LogP contribution < -0.4 is 21.3 Å². The van der Waals surface area contributed by atoms with E-state index in [1.807, 2.05) is 32.5 Å². The van der Waals surface area contributed by atoms with Crippen LogP contribution in [0.5, 0.6) is 0 Å². The molecule has 172 valence electrons. The summed E-state index contributed by atoms with van der Waals surface area (Å²) in [4.78, 5) is 34.8. The molecule has 30 heavy (non-hydrogen) atoms. The molecule has 0 radical (unpaired) electrons. The van der Waals surface area contributed by atoms with Crippen LogP contribution in [0.1, 0.15) is 72.1 Å². The van der Waals surface area contributed by atoms with Gasteiger partial charge in [-0.15, -0.1) is 0 Å². The molecular weight excluding hydrogens is 404 g/mol. The van der Waals surface area contributed by atoms with Crippen molar-refractivity contribution >= 4 is 29.8 Å². The number of alkyl carbamates (subject to hydrolysis) is 1. The molecule has 2 heterocycles. The van der Waals surface area contributed by atoms with Gasteiger partial charge in [-0.05, 0) is 46.5 Å². The van der Waals surface area contributed by atoms with E-state index in [2.05, 4.69) is 21.3 Å². The number of thioether (sulfide) groups is 1. The molecule has 2 aliphatic rings. The van der Waals surface area contributed by atoms with E-state index in [1.54, 1.807) is 0 Å². The number of amides is 4. The molecule has 0 aromatic carbocycles. The topological polar surface area (TPSA) is 109 Å². The summed E-state index contributed by atoms with van der Waals surface area (Å²) in [6.45, 7) is 6.86. The third-order valence-corrected chi connectivity index (χ3v) is 6.68. The predicted octanol–water partition coefficient (Wildman–Crippen LogP) is 2.91. The second kappa shape index (κ2) is 12.3. The van der Waals surface area contributed by atoms with E-state index in [-0.39, 0.29) is 30.1 Å². The van der Waals surface area contributed by atoms with Gasteiger partial charge in [-0.25, -0.2) is 9.59 Å². The monoisotopic (exact) mass is 442 g/mol. The maximum Gasteiger partial charge on any atom is 0.407 e. The second-order valence-corrected chi connectivity index (χ2v) is 10.3. The first-order chi connectivity index (χ1) is 14.2. The van der Waals surface area contributed by atoms with Crippen molar-refractivity contribution in [2.75, 3.05) is 18.8 Å². The quantitative estimate of drug-likeness (QED) is 0.274. The van der Waals surface area contributed by atoms with Crippen LogP contribution in [-0.2, 0) is 9.53 Å². The van der Waals surface area contributed by atoms with Gasteiger partial charge in [-0.1, -0.05) is 19.3 Å². The molecule has 0 aliphatic carbocycles. The largest absolute Gasteiger partial charge is 0.444 e. The van der Waals surface area contributed by atoms with E-state index in [1.165, 1.54) is 0 Å². The van der Waals surface area contributed by atoms with Gasteiger partial charge >= 0.3 is 12.1 Å². The van der Waals surface area contributed by atoms with Gasteiger partial charge in [0, 0.05) is 30.5 Å². The molecule has 0 spiro atoms. The molecule has 2 rings (SSSR count). The standard InChI is InChI=1S/C21H38N4O4S/c1-21(2,3)29-20(28)23-13-9-5-4-8-12-22-17(26)11-7-6-10-16-18-15(14-30-16)24-19(27)25-18/h15-16,18H,4-14H2,1-3H3,(H,22,26)(H,23,28)(H2,24,25,27). The number of ether oxygens (including phenoxy) is 1. The Morgan fingerprint density at radius 2 is 1.73 bits per heavy atom. The number of rotatable bonds is 12. The number of urea groups is 1. The Hall–Kier alpha value is -1.64. The maximum atomic E-state index is 11.9. The van der Waals surface area contributed by atoms with E-state index in [9.17, 15) is 14.4 Å². The van der Waals surface area contributed by atoms with Gasteiger partial charge in [-0.2, -0.15) is 11.8 Å². The van der Waals surface area contributed by atoms with Crippen LogP contribution in [0.4, 0.5) is 9.59 Å². The summed E-state index contributed by atoms with van der Waals surface area (Å²) in [6, 6.07) is 0.466. The third kappa shape index (κ3) is 9.45. The van der Waals surface area contributed by atoms with Crippen LogP contribution in [0.15, 0.2) is 0 Å². The Bertz CT molecular complexity index is 582. The van der Waals surface area contributed by atoms with Crippen molar-refractivity contribution in [1.82, 2.24) is 21.3 Å². The highest BCUT2D eigenvalue weighted by Gasteiger charge is 2.42. The van der Waals surface area contributed by atoms with Crippen LogP contribution >= 0.6 is 11.8 Å². The fraction of sp³-hybridized carbons (Fsp3) is 0.857. The van der Waals surface area contributed by atoms with Gasteiger partial charge in [0.1, 0.15) is 5.60 Å². The van der Waals surface area contributed by atoms with E-state index < -0.39 is 5.60 Å². The summed E-state index contributed by atoms with van der Waals surface area (Å²) in [5.74, 6) is 1.10.